The minimum atomic E-state index is -0.118. The molecule has 0 atom stereocenters. The lowest BCUT2D eigenvalue weighted by Gasteiger charge is -2.32. The zero-order valence-corrected chi connectivity index (χ0v) is 16.1. The molecule has 0 unspecified atom stereocenters. The Kier molecular flexibility index (Phi) is 5.21. The molecule has 1 fully saturated rings. The number of benzene rings is 2. The predicted octanol–water partition coefficient (Wildman–Crippen LogP) is 0.632. The second-order valence-corrected chi connectivity index (χ2v) is 7.42. The molecule has 1 N–H and O–H groups in total. The minimum Gasteiger partial charge on any atom is -0.330 e. The van der Waals surface area contributed by atoms with Crippen molar-refractivity contribution in [1.29, 1.82) is 0 Å². The number of fused-ring (bicyclic) bond motifs is 1. The van der Waals surface area contributed by atoms with Crippen LogP contribution in [0.2, 0.25) is 0 Å². The Labute approximate surface area is 164 Å². The summed E-state index contributed by atoms with van der Waals surface area (Å²) in [4.78, 5) is 28.2. The summed E-state index contributed by atoms with van der Waals surface area (Å²) in [5.41, 5.74) is 3.28. The zero-order chi connectivity index (χ0) is 19.5. The van der Waals surface area contributed by atoms with Crippen LogP contribution in [0.25, 0.3) is 10.9 Å². The third-order valence-electron chi connectivity index (χ3n) is 5.57. The maximum absolute atomic E-state index is 12.8. The monoisotopic (exact) mass is 377 g/mol. The fraction of sp³-hybridized carbons (Fsp3) is 0.318. The van der Waals surface area contributed by atoms with Gasteiger partial charge in [0.25, 0.3) is 0 Å². The third-order valence-corrected chi connectivity index (χ3v) is 5.57. The number of quaternary nitrogens is 1. The number of aryl methyl sites for hydroxylation is 1. The van der Waals surface area contributed by atoms with E-state index in [-0.39, 0.29) is 17.9 Å². The summed E-state index contributed by atoms with van der Waals surface area (Å²) in [7, 11) is 0. The number of piperazine rings is 1. The van der Waals surface area contributed by atoms with Crippen LogP contribution in [0.4, 0.5) is 0 Å². The Bertz CT molecular complexity index is 1050. The summed E-state index contributed by atoms with van der Waals surface area (Å²) < 4.78 is 1.63. The van der Waals surface area contributed by atoms with Gasteiger partial charge in [0, 0.05) is 10.9 Å². The van der Waals surface area contributed by atoms with Gasteiger partial charge in [0.2, 0.25) is 11.3 Å². The molecule has 1 aliphatic heterocycles. The first-order chi connectivity index (χ1) is 13.6. The maximum Gasteiger partial charge on any atom is 0.244 e. The van der Waals surface area contributed by atoms with E-state index in [0.29, 0.717) is 10.9 Å². The van der Waals surface area contributed by atoms with Crippen molar-refractivity contribution in [3.63, 3.8) is 0 Å². The fourth-order valence-electron chi connectivity index (χ4n) is 3.84. The SMILES string of the molecule is Cc1ccccc1C[NH+]1CCN(C(=O)Cn2ncc(=O)c3ccccc32)CC1. The van der Waals surface area contributed by atoms with Crippen LogP contribution in [0.15, 0.2) is 59.5 Å². The van der Waals surface area contributed by atoms with Gasteiger partial charge in [0.15, 0.2) is 0 Å². The molecule has 2 aromatic carbocycles. The number of para-hydroxylation sites is 1. The van der Waals surface area contributed by atoms with Crippen molar-refractivity contribution in [3.8, 4) is 0 Å². The van der Waals surface area contributed by atoms with Gasteiger partial charge in [-0.3, -0.25) is 14.3 Å². The summed E-state index contributed by atoms with van der Waals surface area (Å²) in [6.07, 6.45) is 1.29. The van der Waals surface area contributed by atoms with E-state index >= 15 is 0 Å². The molecular weight excluding hydrogens is 352 g/mol. The highest BCUT2D eigenvalue weighted by molar-refractivity contribution is 5.81. The lowest BCUT2D eigenvalue weighted by Crippen LogP contribution is -3.13. The van der Waals surface area contributed by atoms with E-state index in [1.54, 1.807) is 10.7 Å². The molecule has 4 rings (SSSR count). The van der Waals surface area contributed by atoms with Gasteiger partial charge in [0.05, 0.1) is 37.9 Å². The minimum absolute atomic E-state index is 0.0521. The molecule has 1 aliphatic rings. The normalized spacial score (nSPS) is 15.1. The topological polar surface area (TPSA) is 59.6 Å². The lowest BCUT2D eigenvalue weighted by molar-refractivity contribution is -0.917. The molecule has 6 heteroatoms. The zero-order valence-electron chi connectivity index (χ0n) is 16.1. The second-order valence-electron chi connectivity index (χ2n) is 7.42. The van der Waals surface area contributed by atoms with Crippen LogP contribution in [-0.4, -0.2) is 46.8 Å². The van der Waals surface area contributed by atoms with Crippen molar-refractivity contribution in [2.75, 3.05) is 26.2 Å². The van der Waals surface area contributed by atoms with Gasteiger partial charge in [-0.25, -0.2) is 0 Å². The van der Waals surface area contributed by atoms with E-state index in [2.05, 4.69) is 36.3 Å². The number of hydrogen-bond donors (Lipinski definition) is 1. The number of aromatic nitrogens is 2. The number of carbonyl (C=O) groups excluding carboxylic acids is 1. The molecule has 0 aliphatic carbocycles. The summed E-state index contributed by atoms with van der Waals surface area (Å²) in [5, 5.41) is 4.77. The molecule has 144 valence electrons. The fourth-order valence-corrected chi connectivity index (χ4v) is 3.84. The van der Waals surface area contributed by atoms with E-state index in [0.717, 1.165) is 32.7 Å². The number of nitrogens with one attached hydrogen (secondary N) is 1. The highest BCUT2D eigenvalue weighted by atomic mass is 16.2. The molecule has 0 saturated carbocycles. The van der Waals surface area contributed by atoms with Crippen LogP contribution < -0.4 is 10.3 Å². The summed E-state index contributed by atoms with van der Waals surface area (Å²) in [5.74, 6) is 0.0521. The third kappa shape index (κ3) is 3.82. The number of hydrogen-bond acceptors (Lipinski definition) is 3. The maximum atomic E-state index is 12.8. The van der Waals surface area contributed by atoms with E-state index in [4.69, 9.17) is 0 Å². The van der Waals surface area contributed by atoms with Crippen molar-refractivity contribution in [3.05, 3.63) is 76.1 Å². The molecule has 0 radical (unpaired) electrons. The van der Waals surface area contributed by atoms with Crippen LogP contribution in [0.1, 0.15) is 11.1 Å². The second kappa shape index (κ2) is 7.94. The number of carbonyl (C=O) groups is 1. The van der Waals surface area contributed by atoms with Crippen molar-refractivity contribution in [2.45, 2.75) is 20.0 Å². The lowest BCUT2D eigenvalue weighted by atomic mass is 10.1. The van der Waals surface area contributed by atoms with Crippen LogP contribution in [0.3, 0.4) is 0 Å². The van der Waals surface area contributed by atoms with Crippen LogP contribution in [0, 0.1) is 6.92 Å². The van der Waals surface area contributed by atoms with Gasteiger partial charge in [-0.05, 0) is 24.6 Å². The Morgan fingerprint density at radius 1 is 1.07 bits per heavy atom. The molecular formula is C22H25N4O2+. The Morgan fingerprint density at radius 3 is 2.57 bits per heavy atom. The van der Waals surface area contributed by atoms with Gasteiger partial charge in [0.1, 0.15) is 13.1 Å². The van der Waals surface area contributed by atoms with Crippen LogP contribution in [0.5, 0.6) is 0 Å². The molecule has 2 heterocycles. The van der Waals surface area contributed by atoms with Crippen molar-refractivity contribution >= 4 is 16.8 Å². The molecule has 1 amide bonds. The van der Waals surface area contributed by atoms with E-state index < -0.39 is 0 Å². The number of amides is 1. The molecule has 0 bridgehead atoms. The molecule has 1 saturated heterocycles. The average Bonchev–Trinajstić information content (AvgIpc) is 2.72. The number of nitrogens with zero attached hydrogens (tertiary/aromatic N) is 3. The molecule has 28 heavy (non-hydrogen) atoms. The summed E-state index contributed by atoms with van der Waals surface area (Å²) >= 11 is 0. The van der Waals surface area contributed by atoms with Gasteiger partial charge >= 0.3 is 0 Å². The average molecular weight is 377 g/mol. The van der Waals surface area contributed by atoms with Gasteiger partial charge < -0.3 is 9.80 Å². The van der Waals surface area contributed by atoms with Gasteiger partial charge in [-0.2, -0.15) is 5.10 Å². The first-order valence-corrected chi connectivity index (χ1v) is 9.72. The van der Waals surface area contributed by atoms with E-state index in [1.165, 1.54) is 22.2 Å². The predicted molar refractivity (Wildman–Crippen MR) is 108 cm³/mol. The Hall–Kier alpha value is -2.99. The molecule has 0 spiro atoms. The standard InChI is InChI=1S/C22H24N4O2/c1-17-6-2-3-7-18(17)15-24-10-12-25(13-11-24)22(28)16-26-20-9-5-4-8-19(20)21(27)14-23-26/h2-9,14H,10-13,15-16H2,1H3/p+1. The van der Waals surface area contributed by atoms with Gasteiger partial charge in [-0.1, -0.05) is 36.4 Å². The largest absolute Gasteiger partial charge is 0.330 e. The Balaban J connectivity index is 1.39. The highest BCUT2D eigenvalue weighted by Gasteiger charge is 2.24. The van der Waals surface area contributed by atoms with Gasteiger partial charge in [-0.15, -0.1) is 0 Å². The van der Waals surface area contributed by atoms with Crippen LogP contribution in [-0.2, 0) is 17.9 Å². The number of rotatable bonds is 4. The molecule has 6 nitrogen and oxygen atoms in total. The smallest absolute Gasteiger partial charge is 0.244 e. The summed E-state index contributed by atoms with van der Waals surface area (Å²) in [6.45, 7) is 6.69. The Morgan fingerprint density at radius 2 is 1.79 bits per heavy atom. The highest BCUT2D eigenvalue weighted by Crippen LogP contribution is 2.09. The first-order valence-electron chi connectivity index (χ1n) is 9.72. The van der Waals surface area contributed by atoms with Crippen molar-refractivity contribution in [2.24, 2.45) is 0 Å². The molecule has 3 aromatic rings. The van der Waals surface area contributed by atoms with E-state index in [9.17, 15) is 9.59 Å². The summed E-state index contributed by atoms with van der Waals surface area (Å²) in [6, 6.07) is 15.8. The van der Waals surface area contributed by atoms with Crippen molar-refractivity contribution < 1.29 is 9.69 Å². The van der Waals surface area contributed by atoms with E-state index in [1.807, 2.05) is 23.1 Å². The quantitative estimate of drug-likeness (QED) is 0.726. The molecule has 1 aromatic heterocycles. The first kappa shape index (κ1) is 18.4. The van der Waals surface area contributed by atoms with Crippen molar-refractivity contribution in [1.82, 2.24) is 14.7 Å². The van der Waals surface area contributed by atoms with Crippen LogP contribution >= 0.6 is 0 Å².